The Hall–Kier alpha value is -7.16. The van der Waals surface area contributed by atoms with E-state index < -0.39 is 5.41 Å². The first-order valence-electron chi connectivity index (χ1n) is 19.0. The van der Waals surface area contributed by atoms with E-state index in [-0.39, 0.29) is 0 Å². The van der Waals surface area contributed by atoms with Crippen LogP contribution in [-0.4, -0.2) is 9.97 Å². The normalized spacial score (nSPS) is 13.2. The summed E-state index contributed by atoms with van der Waals surface area (Å²) in [5.74, 6) is 0.713. The number of nitrogens with zero attached hydrogens (tertiary/aromatic N) is 2. The molecule has 9 aromatic carbocycles. The maximum absolute atomic E-state index is 5.46. The topological polar surface area (TPSA) is 25.8 Å². The minimum Gasteiger partial charge on any atom is -0.228 e. The van der Waals surface area contributed by atoms with E-state index in [1.807, 2.05) is 0 Å². The molecule has 1 aromatic heterocycles. The highest BCUT2D eigenvalue weighted by Crippen LogP contribution is 2.64. The molecule has 0 fully saturated rings. The molecular formula is C53H32N2. The zero-order valence-corrected chi connectivity index (χ0v) is 29.9. The van der Waals surface area contributed by atoms with E-state index in [0.29, 0.717) is 5.82 Å². The first-order chi connectivity index (χ1) is 27.3. The van der Waals surface area contributed by atoms with Crippen molar-refractivity contribution in [1.29, 1.82) is 0 Å². The lowest BCUT2D eigenvalue weighted by Crippen LogP contribution is -2.25. The Morgan fingerprint density at radius 1 is 0.327 bits per heavy atom. The summed E-state index contributed by atoms with van der Waals surface area (Å²) >= 11 is 0. The Morgan fingerprint density at radius 2 is 0.873 bits per heavy atom. The van der Waals surface area contributed by atoms with E-state index in [1.165, 1.54) is 76.8 Å². The van der Waals surface area contributed by atoms with Crippen LogP contribution in [0.5, 0.6) is 0 Å². The van der Waals surface area contributed by atoms with Crippen LogP contribution >= 0.6 is 0 Å². The van der Waals surface area contributed by atoms with Gasteiger partial charge in [0.1, 0.15) is 0 Å². The van der Waals surface area contributed by atoms with Crippen LogP contribution in [0.15, 0.2) is 194 Å². The van der Waals surface area contributed by atoms with Gasteiger partial charge >= 0.3 is 0 Å². The van der Waals surface area contributed by atoms with E-state index in [1.54, 1.807) is 0 Å². The van der Waals surface area contributed by atoms with Crippen molar-refractivity contribution in [2.75, 3.05) is 0 Å². The van der Waals surface area contributed by atoms with Crippen LogP contribution in [0.25, 0.3) is 88.5 Å². The molecule has 0 unspecified atom stereocenters. The van der Waals surface area contributed by atoms with Crippen molar-refractivity contribution in [2.45, 2.75) is 5.41 Å². The first-order valence-corrected chi connectivity index (χ1v) is 19.0. The second-order valence-electron chi connectivity index (χ2n) is 14.8. The molecule has 1 heterocycles. The van der Waals surface area contributed by atoms with E-state index in [0.717, 1.165) is 28.1 Å². The Balaban J connectivity index is 1.20. The van der Waals surface area contributed by atoms with Gasteiger partial charge in [-0.15, -0.1) is 0 Å². The summed E-state index contributed by atoms with van der Waals surface area (Å²) in [5, 5.41) is 7.21. The summed E-state index contributed by atoms with van der Waals surface area (Å²) in [6.07, 6.45) is 0. The molecule has 0 saturated carbocycles. The third-order valence-electron chi connectivity index (χ3n) is 12.1. The fraction of sp³-hybridized carbons (Fsp3) is 0.0189. The van der Waals surface area contributed by atoms with Gasteiger partial charge in [-0.2, -0.15) is 0 Å². The lowest BCUT2D eigenvalue weighted by molar-refractivity contribution is 0.794. The molecule has 0 atom stereocenters. The van der Waals surface area contributed by atoms with E-state index >= 15 is 0 Å². The molecule has 2 heteroatoms. The molecule has 12 rings (SSSR count). The number of fused-ring (bicyclic) bond motifs is 14. The van der Waals surface area contributed by atoms with Crippen molar-refractivity contribution in [3.05, 3.63) is 216 Å². The Morgan fingerprint density at radius 3 is 1.64 bits per heavy atom. The molecule has 10 aromatic rings. The predicted octanol–water partition coefficient (Wildman–Crippen LogP) is 13.3. The monoisotopic (exact) mass is 696 g/mol. The summed E-state index contributed by atoms with van der Waals surface area (Å²) in [4.78, 5) is 10.9. The van der Waals surface area contributed by atoms with Crippen LogP contribution < -0.4 is 0 Å². The van der Waals surface area contributed by atoms with Gasteiger partial charge in [-0.1, -0.05) is 182 Å². The average molecular weight is 697 g/mol. The Labute approximate surface area is 319 Å². The number of aromatic nitrogens is 2. The van der Waals surface area contributed by atoms with Crippen molar-refractivity contribution in [3.63, 3.8) is 0 Å². The molecule has 0 saturated heterocycles. The van der Waals surface area contributed by atoms with Gasteiger partial charge in [-0.3, -0.25) is 0 Å². The van der Waals surface area contributed by atoms with E-state index in [9.17, 15) is 0 Å². The number of benzene rings is 9. The average Bonchev–Trinajstić information content (AvgIpc) is 3.73. The molecular weight excluding hydrogens is 665 g/mol. The highest BCUT2D eigenvalue weighted by atomic mass is 14.9. The van der Waals surface area contributed by atoms with Gasteiger partial charge in [-0.25, -0.2) is 9.97 Å². The summed E-state index contributed by atoms with van der Waals surface area (Å²) < 4.78 is 0. The van der Waals surface area contributed by atoms with Crippen LogP contribution in [-0.2, 0) is 5.41 Å². The van der Waals surface area contributed by atoms with Crippen LogP contribution in [0.3, 0.4) is 0 Å². The maximum Gasteiger partial charge on any atom is 0.160 e. The minimum absolute atomic E-state index is 0.433. The minimum atomic E-state index is -0.433. The van der Waals surface area contributed by atoms with Crippen molar-refractivity contribution in [1.82, 2.24) is 9.97 Å². The molecule has 2 aliphatic rings. The molecule has 55 heavy (non-hydrogen) atoms. The second-order valence-corrected chi connectivity index (χ2v) is 14.8. The lowest BCUT2D eigenvalue weighted by atomic mass is 9.70. The smallest absolute Gasteiger partial charge is 0.160 e. The molecule has 254 valence electrons. The molecule has 0 bridgehead atoms. The number of hydrogen-bond donors (Lipinski definition) is 0. The van der Waals surface area contributed by atoms with Crippen LogP contribution in [0, 0.1) is 0 Å². The van der Waals surface area contributed by atoms with Gasteiger partial charge < -0.3 is 0 Å². The largest absolute Gasteiger partial charge is 0.228 e. The van der Waals surface area contributed by atoms with Crippen molar-refractivity contribution < 1.29 is 0 Å². The second kappa shape index (κ2) is 11.4. The number of hydrogen-bond acceptors (Lipinski definition) is 2. The van der Waals surface area contributed by atoms with Gasteiger partial charge in [0.25, 0.3) is 0 Å². The molecule has 2 nitrogen and oxygen atoms in total. The molecule has 0 aliphatic heterocycles. The molecule has 0 amide bonds. The van der Waals surface area contributed by atoms with E-state index in [2.05, 4.69) is 194 Å². The lowest BCUT2D eigenvalue weighted by Gasteiger charge is -2.30. The summed E-state index contributed by atoms with van der Waals surface area (Å²) in [6.45, 7) is 0. The van der Waals surface area contributed by atoms with Gasteiger partial charge in [-0.05, 0) is 89.0 Å². The quantitative estimate of drug-likeness (QED) is 0.136. The van der Waals surface area contributed by atoms with Gasteiger partial charge in [0.2, 0.25) is 0 Å². The van der Waals surface area contributed by atoms with Crippen molar-refractivity contribution >= 4 is 32.3 Å². The van der Waals surface area contributed by atoms with Crippen LogP contribution in [0.4, 0.5) is 0 Å². The standard InChI is InChI=1S/C53H32N2/c1-2-16-34(17-3-1)52-54-47(32-48(55-52)51-38-20-7-5-18-35(38)31-36-30-29-33-15-4-6-19-37(33)49(36)51)42-24-14-28-46-50(42)41-23-10-13-27-45(41)53(46)43-25-11-8-21-39(43)40-22-9-12-26-44(40)53/h1-32H. The SMILES string of the molecule is c1ccc(-c2nc(-c3cccc4c3-c3ccccc3C43c4ccccc4-c4ccccc43)cc(-c3c4ccccc4cc4ccc5ccccc5c34)n2)cc1. The first kappa shape index (κ1) is 30.3. The fourth-order valence-corrected chi connectivity index (χ4v) is 9.89. The summed E-state index contributed by atoms with van der Waals surface area (Å²) in [7, 11) is 0. The molecule has 1 spiro atoms. The Bertz CT molecular complexity index is 3170. The van der Waals surface area contributed by atoms with Gasteiger partial charge in [0.15, 0.2) is 5.82 Å². The third-order valence-corrected chi connectivity index (χ3v) is 12.1. The van der Waals surface area contributed by atoms with Crippen LogP contribution in [0.1, 0.15) is 22.3 Å². The molecule has 0 N–H and O–H groups in total. The molecule has 0 radical (unpaired) electrons. The highest BCUT2D eigenvalue weighted by molar-refractivity contribution is 6.21. The molecule has 2 aliphatic carbocycles. The number of rotatable bonds is 3. The van der Waals surface area contributed by atoms with Crippen molar-refractivity contribution in [2.24, 2.45) is 0 Å². The zero-order chi connectivity index (χ0) is 36.1. The fourth-order valence-electron chi connectivity index (χ4n) is 9.89. The predicted molar refractivity (Wildman–Crippen MR) is 227 cm³/mol. The zero-order valence-electron chi connectivity index (χ0n) is 29.9. The van der Waals surface area contributed by atoms with Crippen molar-refractivity contribution in [3.8, 4) is 56.2 Å². The summed E-state index contributed by atoms with van der Waals surface area (Å²) in [5.41, 5.74) is 15.0. The van der Waals surface area contributed by atoms with Gasteiger partial charge in [0, 0.05) is 16.7 Å². The maximum atomic E-state index is 5.46. The highest BCUT2D eigenvalue weighted by Gasteiger charge is 2.52. The van der Waals surface area contributed by atoms with Gasteiger partial charge in [0.05, 0.1) is 16.8 Å². The third kappa shape index (κ3) is 4.14. The Kier molecular flexibility index (Phi) is 6.29. The summed E-state index contributed by atoms with van der Waals surface area (Å²) in [6, 6.07) is 70.7. The van der Waals surface area contributed by atoms with Crippen LogP contribution in [0.2, 0.25) is 0 Å². The van der Waals surface area contributed by atoms with E-state index in [4.69, 9.17) is 9.97 Å².